The minimum atomic E-state index is -0.410. The number of fused-ring (bicyclic) bond motifs is 1. The molecule has 0 fully saturated rings. The monoisotopic (exact) mass is 249 g/mol. The molecule has 3 N–H and O–H groups in total. The summed E-state index contributed by atoms with van der Waals surface area (Å²) in [5.41, 5.74) is 8.05. The molecular weight excluding hydrogens is 230 g/mol. The lowest BCUT2D eigenvalue weighted by Crippen LogP contribution is -2.30. The highest BCUT2D eigenvalue weighted by Crippen LogP contribution is 2.14. The molecule has 0 spiro atoms. The SMILES string of the molecule is CC(CCN)N(C)Cc1ccc2oc(=O)[nH]c2c1. The summed E-state index contributed by atoms with van der Waals surface area (Å²) >= 11 is 0. The van der Waals surface area contributed by atoms with E-state index in [1.165, 1.54) is 0 Å². The van der Waals surface area contributed by atoms with Crippen LogP contribution >= 0.6 is 0 Å². The Morgan fingerprint density at radius 2 is 2.28 bits per heavy atom. The van der Waals surface area contributed by atoms with Gasteiger partial charge in [-0.15, -0.1) is 0 Å². The van der Waals surface area contributed by atoms with Gasteiger partial charge in [-0.05, 0) is 44.6 Å². The fraction of sp³-hybridized carbons (Fsp3) is 0.462. The zero-order chi connectivity index (χ0) is 13.1. The molecule has 1 aromatic carbocycles. The molecule has 0 aliphatic carbocycles. The summed E-state index contributed by atoms with van der Waals surface area (Å²) in [6.07, 6.45) is 0.973. The van der Waals surface area contributed by atoms with Gasteiger partial charge in [-0.2, -0.15) is 0 Å². The molecule has 0 saturated heterocycles. The average Bonchev–Trinajstić information content (AvgIpc) is 2.68. The molecule has 0 aliphatic rings. The average molecular weight is 249 g/mol. The lowest BCUT2D eigenvalue weighted by atomic mass is 10.1. The van der Waals surface area contributed by atoms with Gasteiger partial charge in [0, 0.05) is 12.6 Å². The molecular formula is C13H19N3O2. The number of aromatic amines is 1. The first-order valence-corrected chi connectivity index (χ1v) is 6.12. The number of hydrogen-bond donors (Lipinski definition) is 2. The molecule has 1 aromatic heterocycles. The molecule has 5 heteroatoms. The van der Waals surface area contributed by atoms with E-state index in [2.05, 4.69) is 23.9 Å². The van der Waals surface area contributed by atoms with Crippen LogP contribution < -0.4 is 11.5 Å². The molecule has 0 amide bonds. The molecule has 1 heterocycles. The van der Waals surface area contributed by atoms with E-state index in [4.69, 9.17) is 10.2 Å². The van der Waals surface area contributed by atoms with E-state index in [0.717, 1.165) is 24.0 Å². The summed E-state index contributed by atoms with van der Waals surface area (Å²) < 4.78 is 4.97. The fourth-order valence-corrected chi connectivity index (χ4v) is 2.00. The second kappa shape index (κ2) is 5.37. The third kappa shape index (κ3) is 2.80. The summed E-state index contributed by atoms with van der Waals surface area (Å²) in [6, 6.07) is 6.19. The van der Waals surface area contributed by atoms with Crippen molar-refractivity contribution in [1.82, 2.24) is 9.88 Å². The van der Waals surface area contributed by atoms with E-state index in [1.54, 1.807) is 0 Å². The van der Waals surface area contributed by atoms with Crippen LogP contribution in [0.25, 0.3) is 11.1 Å². The van der Waals surface area contributed by atoms with Gasteiger partial charge in [0.1, 0.15) is 0 Å². The van der Waals surface area contributed by atoms with Crippen molar-refractivity contribution in [3.8, 4) is 0 Å². The maximum absolute atomic E-state index is 11.1. The van der Waals surface area contributed by atoms with Gasteiger partial charge in [-0.25, -0.2) is 4.79 Å². The normalized spacial score (nSPS) is 13.3. The van der Waals surface area contributed by atoms with Crippen molar-refractivity contribution in [1.29, 1.82) is 0 Å². The van der Waals surface area contributed by atoms with Gasteiger partial charge in [0.15, 0.2) is 5.58 Å². The van der Waals surface area contributed by atoms with Crippen molar-refractivity contribution < 1.29 is 4.42 Å². The van der Waals surface area contributed by atoms with Crippen LogP contribution in [-0.2, 0) is 6.54 Å². The van der Waals surface area contributed by atoms with Gasteiger partial charge in [-0.3, -0.25) is 9.88 Å². The molecule has 0 saturated carbocycles. The molecule has 98 valence electrons. The highest BCUT2D eigenvalue weighted by molar-refractivity contribution is 5.72. The van der Waals surface area contributed by atoms with Crippen LogP contribution in [0, 0.1) is 0 Å². The van der Waals surface area contributed by atoms with Crippen LogP contribution in [0.2, 0.25) is 0 Å². The number of rotatable bonds is 5. The summed E-state index contributed by atoms with van der Waals surface area (Å²) in [6.45, 7) is 3.68. The Labute approximate surface area is 106 Å². The predicted molar refractivity (Wildman–Crippen MR) is 71.4 cm³/mol. The number of nitrogens with two attached hydrogens (primary N) is 1. The molecule has 1 unspecified atom stereocenters. The Hall–Kier alpha value is -1.59. The van der Waals surface area contributed by atoms with Crippen LogP contribution in [-0.4, -0.2) is 29.5 Å². The van der Waals surface area contributed by atoms with Crippen LogP contribution in [0.15, 0.2) is 27.4 Å². The summed E-state index contributed by atoms with van der Waals surface area (Å²) in [5, 5.41) is 0. The molecule has 2 rings (SSSR count). The summed E-state index contributed by atoms with van der Waals surface area (Å²) in [4.78, 5) is 16.0. The van der Waals surface area contributed by atoms with Gasteiger partial charge in [0.25, 0.3) is 0 Å². The quantitative estimate of drug-likeness (QED) is 0.837. The van der Waals surface area contributed by atoms with Gasteiger partial charge >= 0.3 is 5.76 Å². The van der Waals surface area contributed by atoms with E-state index in [1.807, 2.05) is 18.2 Å². The minimum absolute atomic E-state index is 0.410. The number of hydrogen-bond acceptors (Lipinski definition) is 4. The number of benzene rings is 1. The molecule has 5 nitrogen and oxygen atoms in total. The van der Waals surface area contributed by atoms with Gasteiger partial charge in [0.2, 0.25) is 0 Å². The molecule has 0 radical (unpaired) electrons. The first-order chi connectivity index (χ1) is 8.60. The van der Waals surface area contributed by atoms with Gasteiger partial charge in [0.05, 0.1) is 5.52 Å². The number of nitrogens with one attached hydrogen (secondary N) is 1. The standard InChI is InChI=1S/C13H19N3O2/c1-9(5-6-14)16(2)8-10-3-4-12-11(7-10)15-13(17)18-12/h3-4,7,9H,5-6,8,14H2,1-2H3,(H,15,17). The highest BCUT2D eigenvalue weighted by atomic mass is 16.4. The number of oxazole rings is 1. The Bertz CT molecular complexity index is 573. The third-order valence-electron chi connectivity index (χ3n) is 3.25. The van der Waals surface area contributed by atoms with E-state index >= 15 is 0 Å². The molecule has 18 heavy (non-hydrogen) atoms. The van der Waals surface area contributed by atoms with Crippen molar-refractivity contribution in [2.24, 2.45) is 5.73 Å². The van der Waals surface area contributed by atoms with Crippen molar-refractivity contribution in [2.45, 2.75) is 25.9 Å². The fourth-order valence-electron chi connectivity index (χ4n) is 2.00. The van der Waals surface area contributed by atoms with E-state index < -0.39 is 5.76 Å². The van der Waals surface area contributed by atoms with Gasteiger partial charge < -0.3 is 10.2 Å². The Kier molecular flexibility index (Phi) is 3.84. The summed E-state index contributed by atoms with van der Waals surface area (Å²) in [5.74, 6) is -0.410. The minimum Gasteiger partial charge on any atom is -0.408 e. The number of aromatic nitrogens is 1. The smallest absolute Gasteiger partial charge is 0.408 e. The van der Waals surface area contributed by atoms with Gasteiger partial charge in [-0.1, -0.05) is 6.07 Å². The lowest BCUT2D eigenvalue weighted by Gasteiger charge is -2.24. The van der Waals surface area contributed by atoms with Crippen LogP contribution in [0.3, 0.4) is 0 Å². The van der Waals surface area contributed by atoms with Crippen LogP contribution in [0.1, 0.15) is 18.9 Å². The van der Waals surface area contributed by atoms with Crippen LogP contribution in [0.4, 0.5) is 0 Å². The summed E-state index contributed by atoms with van der Waals surface area (Å²) in [7, 11) is 2.07. The van der Waals surface area contributed by atoms with Crippen molar-refractivity contribution >= 4 is 11.1 Å². The zero-order valence-electron chi connectivity index (χ0n) is 10.8. The maximum Gasteiger partial charge on any atom is 0.417 e. The first kappa shape index (κ1) is 12.9. The third-order valence-corrected chi connectivity index (χ3v) is 3.25. The van der Waals surface area contributed by atoms with Crippen molar-refractivity contribution in [3.05, 3.63) is 34.3 Å². The number of H-pyrrole nitrogens is 1. The Balaban J connectivity index is 2.13. The molecule has 2 aromatic rings. The van der Waals surface area contributed by atoms with Crippen LogP contribution in [0.5, 0.6) is 0 Å². The largest absolute Gasteiger partial charge is 0.417 e. The Morgan fingerprint density at radius 1 is 1.50 bits per heavy atom. The van der Waals surface area contributed by atoms with E-state index in [9.17, 15) is 4.79 Å². The second-order valence-electron chi connectivity index (χ2n) is 4.69. The van der Waals surface area contributed by atoms with E-state index in [0.29, 0.717) is 18.2 Å². The maximum atomic E-state index is 11.1. The van der Waals surface area contributed by atoms with Crippen molar-refractivity contribution in [3.63, 3.8) is 0 Å². The Morgan fingerprint density at radius 3 is 3.00 bits per heavy atom. The molecule has 0 aliphatic heterocycles. The second-order valence-corrected chi connectivity index (χ2v) is 4.69. The highest BCUT2D eigenvalue weighted by Gasteiger charge is 2.09. The topological polar surface area (TPSA) is 75.3 Å². The van der Waals surface area contributed by atoms with E-state index in [-0.39, 0.29) is 0 Å². The molecule has 1 atom stereocenters. The lowest BCUT2D eigenvalue weighted by molar-refractivity contribution is 0.240. The van der Waals surface area contributed by atoms with Crippen molar-refractivity contribution in [2.75, 3.05) is 13.6 Å². The number of nitrogens with zero attached hydrogens (tertiary/aromatic N) is 1. The zero-order valence-corrected chi connectivity index (χ0v) is 10.8. The predicted octanol–water partition coefficient (Wildman–Crippen LogP) is 1.29. The first-order valence-electron chi connectivity index (χ1n) is 6.12. The molecule has 0 bridgehead atoms.